The van der Waals surface area contributed by atoms with Crippen molar-refractivity contribution in [1.82, 2.24) is 14.7 Å². The molecule has 1 aliphatic rings. The molecule has 0 bridgehead atoms. The van der Waals surface area contributed by atoms with Crippen molar-refractivity contribution >= 4 is 11.6 Å². The van der Waals surface area contributed by atoms with Gasteiger partial charge in [0.1, 0.15) is 11.3 Å². The van der Waals surface area contributed by atoms with Crippen molar-refractivity contribution in [3.05, 3.63) is 35.8 Å². The van der Waals surface area contributed by atoms with Gasteiger partial charge in [0.2, 0.25) is 0 Å². The Hall–Kier alpha value is -1.84. The Morgan fingerprint density at radius 3 is 2.95 bits per heavy atom. The van der Waals surface area contributed by atoms with Crippen molar-refractivity contribution in [1.29, 1.82) is 0 Å². The summed E-state index contributed by atoms with van der Waals surface area (Å²) in [6.45, 7) is 2.11. The number of rotatable bonds is 4. The van der Waals surface area contributed by atoms with Gasteiger partial charge < -0.3 is 5.32 Å². The number of aryl methyl sites for hydroxylation is 1. The third-order valence-electron chi connectivity index (χ3n) is 3.99. The van der Waals surface area contributed by atoms with Crippen LogP contribution in [0.4, 0.5) is 0 Å². The molecule has 20 heavy (non-hydrogen) atoms. The van der Waals surface area contributed by atoms with Crippen LogP contribution in [-0.4, -0.2) is 21.3 Å². The predicted octanol–water partition coefficient (Wildman–Crippen LogP) is 2.96. The van der Waals surface area contributed by atoms with Crippen LogP contribution in [0, 0.1) is 0 Å². The number of pyridine rings is 1. The molecule has 3 rings (SSSR count). The maximum absolute atomic E-state index is 12.6. The largest absolute Gasteiger partial charge is 0.348 e. The fourth-order valence-electron chi connectivity index (χ4n) is 3.02. The highest BCUT2D eigenvalue weighted by Crippen LogP contribution is 2.20. The van der Waals surface area contributed by atoms with E-state index in [1.165, 1.54) is 12.8 Å². The van der Waals surface area contributed by atoms with Gasteiger partial charge >= 0.3 is 0 Å². The molecule has 2 aromatic rings. The number of hydrogen-bond acceptors (Lipinski definition) is 2. The fourth-order valence-corrected chi connectivity index (χ4v) is 3.02. The lowest BCUT2D eigenvalue weighted by molar-refractivity contribution is 0.0931. The molecule has 2 aromatic heterocycles. The van der Waals surface area contributed by atoms with Crippen LogP contribution < -0.4 is 5.32 Å². The molecule has 4 nitrogen and oxygen atoms in total. The minimum absolute atomic E-state index is 0.0269. The lowest BCUT2D eigenvalue weighted by Gasteiger charge is -2.12. The standard InChI is InChI=1S/C16H21N3O/c1-2-7-13-15(16(20)17-12-8-3-4-9-12)19-11-6-5-10-14(19)18-13/h5-6,10-12H,2-4,7-9H2,1H3,(H,17,20). The summed E-state index contributed by atoms with van der Waals surface area (Å²) in [5.74, 6) is 0.0269. The Balaban J connectivity index is 1.94. The quantitative estimate of drug-likeness (QED) is 0.929. The number of hydrogen-bond donors (Lipinski definition) is 1. The highest BCUT2D eigenvalue weighted by Gasteiger charge is 2.22. The molecule has 106 valence electrons. The summed E-state index contributed by atoms with van der Waals surface area (Å²) in [6.07, 6.45) is 8.41. The third kappa shape index (κ3) is 2.42. The first-order valence-electron chi connectivity index (χ1n) is 7.56. The molecule has 0 saturated heterocycles. The minimum atomic E-state index is 0.0269. The number of carbonyl (C=O) groups excluding carboxylic acids is 1. The number of amides is 1. The van der Waals surface area contributed by atoms with E-state index >= 15 is 0 Å². The fraction of sp³-hybridized carbons (Fsp3) is 0.500. The van der Waals surface area contributed by atoms with E-state index in [0.29, 0.717) is 11.7 Å². The summed E-state index contributed by atoms with van der Waals surface area (Å²) in [6, 6.07) is 6.19. The van der Waals surface area contributed by atoms with Crippen LogP contribution in [0.1, 0.15) is 55.2 Å². The monoisotopic (exact) mass is 271 g/mol. The SMILES string of the molecule is CCCc1nc2ccccn2c1C(=O)NC1CCCC1. The Morgan fingerprint density at radius 1 is 1.40 bits per heavy atom. The van der Waals surface area contributed by atoms with E-state index in [-0.39, 0.29) is 5.91 Å². The van der Waals surface area contributed by atoms with Crippen molar-refractivity contribution in [3.63, 3.8) is 0 Å². The number of nitrogens with zero attached hydrogens (tertiary/aromatic N) is 2. The molecule has 2 heterocycles. The van der Waals surface area contributed by atoms with E-state index in [1.807, 2.05) is 28.8 Å². The summed E-state index contributed by atoms with van der Waals surface area (Å²) in [4.78, 5) is 17.2. The molecule has 1 fully saturated rings. The zero-order valence-corrected chi connectivity index (χ0v) is 11.9. The summed E-state index contributed by atoms with van der Waals surface area (Å²) >= 11 is 0. The molecule has 4 heteroatoms. The van der Waals surface area contributed by atoms with Crippen LogP contribution in [-0.2, 0) is 6.42 Å². The van der Waals surface area contributed by atoms with Crippen LogP contribution in [0.2, 0.25) is 0 Å². The van der Waals surface area contributed by atoms with Crippen LogP contribution in [0.25, 0.3) is 5.65 Å². The number of imidazole rings is 1. The molecule has 1 saturated carbocycles. The van der Waals surface area contributed by atoms with E-state index in [2.05, 4.69) is 17.2 Å². The van der Waals surface area contributed by atoms with Crippen molar-refractivity contribution in [3.8, 4) is 0 Å². The predicted molar refractivity (Wildman–Crippen MR) is 78.9 cm³/mol. The van der Waals surface area contributed by atoms with Gasteiger partial charge in [0.25, 0.3) is 5.91 Å². The molecule has 0 aromatic carbocycles. The number of aromatic nitrogens is 2. The van der Waals surface area contributed by atoms with E-state index in [9.17, 15) is 4.79 Å². The van der Waals surface area contributed by atoms with Crippen molar-refractivity contribution in [2.45, 2.75) is 51.5 Å². The second-order valence-electron chi connectivity index (χ2n) is 5.54. The van der Waals surface area contributed by atoms with E-state index in [1.54, 1.807) is 0 Å². The van der Waals surface area contributed by atoms with Gasteiger partial charge in [-0.25, -0.2) is 4.98 Å². The Bertz CT molecular complexity index is 611. The average Bonchev–Trinajstić information content (AvgIpc) is 3.05. The Morgan fingerprint density at radius 2 is 2.20 bits per heavy atom. The van der Waals surface area contributed by atoms with Crippen LogP contribution >= 0.6 is 0 Å². The van der Waals surface area contributed by atoms with Gasteiger partial charge in [-0.2, -0.15) is 0 Å². The summed E-state index contributed by atoms with van der Waals surface area (Å²) < 4.78 is 1.91. The van der Waals surface area contributed by atoms with E-state index in [4.69, 9.17) is 0 Å². The molecule has 1 N–H and O–H groups in total. The maximum atomic E-state index is 12.6. The highest BCUT2D eigenvalue weighted by molar-refractivity contribution is 5.95. The summed E-state index contributed by atoms with van der Waals surface area (Å²) in [5, 5.41) is 3.17. The molecule has 0 unspecified atom stereocenters. The minimum Gasteiger partial charge on any atom is -0.348 e. The average molecular weight is 271 g/mol. The molecule has 1 amide bonds. The Kier molecular flexibility index (Phi) is 3.72. The molecule has 0 radical (unpaired) electrons. The van der Waals surface area contributed by atoms with Crippen molar-refractivity contribution < 1.29 is 4.79 Å². The number of carbonyl (C=O) groups is 1. The Labute approximate surface area is 119 Å². The second kappa shape index (κ2) is 5.65. The summed E-state index contributed by atoms with van der Waals surface area (Å²) in [7, 11) is 0. The first-order chi connectivity index (χ1) is 9.79. The van der Waals surface area contributed by atoms with E-state index < -0.39 is 0 Å². The van der Waals surface area contributed by atoms with Gasteiger partial charge in [-0.05, 0) is 31.4 Å². The maximum Gasteiger partial charge on any atom is 0.270 e. The van der Waals surface area contributed by atoms with Gasteiger partial charge in [0.15, 0.2) is 0 Å². The lowest BCUT2D eigenvalue weighted by Crippen LogP contribution is -2.34. The normalized spacial score (nSPS) is 15.8. The molecule has 0 aliphatic heterocycles. The van der Waals surface area contributed by atoms with Crippen molar-refractivity contribution in [2.75, 3.05) is 0 Å². The van der Waals surface area contributed by atoms with Gasteiger partial charge in [0, 0.05) is 12.2 Å². The zero-order chi connectivity index (χ0) is 13.9. The van der Waals surface area contributed by atoms with Crippen LogP contribution in [0.3, 0.4) is 0 Å². The zero-order valence-electron chi connectivity index (χ0n) is 11.9. The van der Waals surface area contributed by atoms with Gasteiger partial charge in [0.05, 0.1) is 5.69 Å². The smallest absolute Gasteiger partial charge is 0.270 e. The first kappa shape index (κ1) is 13.2. The van der Waals surface area contributed by atoms with Gasteiger partial charge in [-0.15, -0.1) is 0 Å². The summed E-state index contributed by atoms with van der Waals surface area (Å²) in [5.41, 5.74) is 2.48. The lowest BCUT2D eigenvalue weighted by atomic mass is 10.2. The highest BCUT2D eigenvalue weighted by atomic mass is 16.2. The molecular formula is C16H21N3O. The van der Waals surface area contributed by atoms with Gasteiger partial charge in [-0.1, -0.05) is 32.3 Å². The molecule has 1 aliphatic carbocycles. The third-order valence-corrected chi connectivity index (χ3v) is 3.99. The topological polar surface area (TPSA) is 46.4 Å². The number of fused-ring (bicyclic) bond motifs is 1. The number of nitrogens with one attached hydrogen (secondary N) is 1. The molecular weight excluding hydrogens is 250 g/mol. The molecule has 0 atom stereocenters. The van der Waals surface area contributed by atoms with Crippen molar-refractivity contribution in [2.24, 2.45) is 0 Å². The first-order valence-corrected chi connectivity index (χ1v) is 7.56. The van der Waals surface area contributed by atoms with E-state index in [0.717, 1.165) is 37.0 Å². The van der Waals surface area contributed by atoms with Crippen LogP contribution in [0.15, 0.2) is 24.4 Å². The van der Waals surface area contributed by atoms with Gasteiger partial charge in [-0.3, -0.25) is 9.20 Å². The second-order valence-corrected chi connectivity index (χ2v) is 5.54. The molecule has 0 spiro atoms. The van der Waals surface area contributed by atoms with Crippen LogP contribution in [0.5, 0.6) is 0 Å².